The van der Waals surface area contributed by atoms with Crippen LogP contribution in [0.15, 0.2) is 18.3 Å². The summed E-state index contributed by atoms with van der Waals surface area (Å²) in [4.78, 5) is 16.7. The first-order valence-electron chi connectivity index (χ1n) is 6.08. The molecule has 0 saturated heterocycles. The number of ether oxygens (including phenoxy) is 1. The van der Waals surface area contributed by atoms with E-state index in [-0.39, 0.29) is 63.6 Å². The first kappa shape index (κ1) is 20.9. The Morgan fingerprint density at radius 2 is 1.95 bits per heavy atom. The third-order valence-electron chi connectivity index (χ3n) is 2.32. The zero-order valence-electron chi connectivity index (χ0n) is 12.9. The van der Waals surface area contributed by atoms with Gasteiger partial charge >= 0.3 is 64.5 Å². The van der Waals surface area contributed by atoms with Crippen molar-refractivity contribution in [1.29, 1.82) is 0 Å². The van der Waals surface area contributed by atoms with E-state index in [2.05, 4.69) is 4.98 Å². The first-order chi connectivity index (χ1) is 8.99. The summed E-state index contributed by atoms with van der Waals surface area (Å²) in [5.41, 5.74) is -1.22. The molecule has 4 nitrogen and oxygen atoms in total. The van der Waals surface area contributed by atoms with Gasteiger partial charge in [-0.1, -0.05) is 12.1 Å². The Kier molecular flexibility index (Phi) is 7.93. The predicted octanol–water partition coefficient (Wildman–Crippen LogP) is -0.493. The Labute approximate surface area is 164 Å². The minimum atomic E-state index is -5.07. The average molecular weight is 328 g/mol. The van der Waals surface area contributed by atoms with Crippen LogP contribution in [0.5, 0.6) is 0 Å². The second-order valence-electron chi connectivity index (χ2n) is 5.49. The molecule has 1 heterocycles. The van der Waals surface area contributed by atoms with E-state index in [9.17, 15) is 17.7 Å². The molecule has 0 aliphatic heterocycles. The summed E-state index contributed by atoms with van der Waals surface area (Å²) in [5, 5.41) is 0. The molecule has 0 unspecified atom stereocenters. The van der Waals surface area contributed by atoms with Crippen molar-refractivity contribution < 1.29 is 73.9 Å². The minimum absolute atomic E-state index is 0. The van der Waals surface area contributed by atoms with Gasteiger partial charge in [-0.25, -0.2) is 4.79 Å². The quantitative estimate of drug-likeness (QED) is 0.703. The molecule has 0 N–H and O–H groups in total. The van der Waals surface area contributed by atoms with Crippen LogP contribution in [0.2, 0.25) is 0 Å². The Morgan fingerprint density at radius 3 is 2.43 bits per heavy atom. The zero-order valence-corrected chi connectivity index (χ0v) is 16.0. The van der Waals surface area contributed by atoms with Gasteiger partial charge in [-0.2, -0.15) is 0 Å². The van der Waals surface area contributed by atoms with Crippen LogP contribution in [0.4, 0.5) is 17.7 Å². The van der Waals surface area contributed by atoms with Gasteiger partial charge < -0.3 is 22.6 Å². The smallest absolute Gasteiger partial charge is 0.445 e. The SMILES string of the molecule is CN(Cc1cc([B-](F)(F)F)ccn1)C(=O)OC(C)(C)C.[K+]. The van der Waals surface area contributed by atoms with Crippen LogP contribution in [0.1, 0.15) is 26.5 Å². The first-order valence-corrected chi connectivity index (χ1v) is 6.08. The van der Waals surface area contributed by atoms with Crippen LogP contribution in [-0.2, 0) is 11.3 Å². The second-order valence-corrected chi connectivity index (χ2v) is 5.49. The van der Waals surface area contributed by atoms with Gasteiger partial charge in [0.25, 0.3) is 0 Å². The molecule has 0 spiro atoms. The summed E-state index contributed by atoms with van der Waals surface area (Å²) >= 11 is 0. The predicted molar refractivity (Wildman–Crippen MR) is 70.7 cm³/mol. The number of hydrogen-bond donors (Lipinski definition) is 0. The maximum absolute atomic E-state index is 12.6. The van der Waals surface area contributed by atoms with Crippen molar-refractivity contribution in [1.82, 2.24) is 9.88 Å². The number of hydrogen-bond acceptors (Lipinski definition) is 3. The second kappa shape index (κ2) is 7.96. The molecule has 112 valence electrons. The van der Waals surface area contributed by atoms with Crippen molar-refractivity contribution in [3.63, 3.8) is 0 Å². The van der Waals surface area contributed by atoms with Crippen molar-refractivity contribution in [2.24, 2.45) is 0 Å². The molecule has 0 radical (unpaired) electrons. The summed E-state index contributed by atoms with van der Waals surface area (Å²) in [6.45, 7) is 0.0188. The molecule has 0 fully saturated rings. The standard InChI is InChI=1S/C12H17BF3N2O2.K/c1-12(2,3)20-11(19)18(4)8-10-7-9(5-6-17-10)13(14,15)16;/h5-7H,8H2,1-4H3;/q-1;+1. The Hall–Kier alpha value is -0.0887. The summed E-state index contributed by atoms with van der Waals surface area (Å²) in [6.07, 6.45) is 0.477. The van der Waals surface area contributed by atoms with Crippen molar-refractivity contribution in [2.45, 2.75) is 32.9 Å². The number of carbonyl (C=O) groups excluding carboxylic acids is 1. The van der Waals surface area contributed by atoms with Gasteiger partial charge in [0.15, 0.2) is 0 Å². The van der Waals surface area contributed by atoms with E-state index >= 15 is 0 Å². The topological polar surface area (TPSA) is 42.4 Å². The fourth-order valence-electron chi connectivity index (χ4n) is 1.43. The molecule has 0 aliphatic rings. The van der Waals surface area contributed by atoms with Crippen LogP contribution in [0.3, 0.4) is 0 Å². The maximum Gasteiger partial charge on any atom is 1.00 e. The van der Waals surface area contributed by atoms with Crippen LogP contribution in [-0.4, -0.2) is 35.6 Å². The van der Waals surface area contributed by atoms with Crippen molar-refractivity contribution >= 4 is 18.5 Å². The zero-order chi connectivity index (χ0) is 15.6. The normalized spacial score (nSPS) is 11.6. The van der Waals surface area contributed by atoms with Crippen molar-refractivity contribution in [3.05, 3.63) is 24.0 Å². The Bertz CT molecular complexity index is 492. The van der Waals surface area contributed by atoms with E-state index in [1.54, 1.807) is 20.8 Å². The van der Waals surface area contributed by atoms with Gasteiger partial charge in [0.1, 0.15) is 5.60 Å². The van der Waals surface area contributed by atoms with Gasteiger partial charge in [0.05, 0.1) is 12.2 Å². The number of carbonyl (C=O) groups is 1. The molecule has 0 atom stereocenters. The number of nitrogens with zero attached hydrogens (tertiary/aromatic N) is 2. The molecule has 1 aromatic rings. The molecule has 1 amide bonds. The Morgan fingerprint density at radius 1 is 1.38 bits per heavy atom. The molecule has 0 aromatic carbocycles. The fourth-order valence-corrected chi connectivity index (χ4v) is 1.43. The molecular formula is C12H17BF3KN2O2. The van der Waals surface area contributed by atoms with E-state index in [0.29, 0.717) is 0 Å². The van der Waals surface area contributed by atoms with Gasteiger partial charge in [0.2, 0.25) is 0 Å². The number of rotatable bonds is 3. The summed E-state index contributed by atoms with van der Waals surface area (Å²) in [7, 11) is 1.45. The van der Waals surface area contributed by atoms with E-state index < -0.39 is 24.1 Å². The van der Waals surface area contributed by atoms with E-state index in [4.69, 9.17) is 4.74 Å². The van der Waals surface area contributed by atoms with Gasteiger partial charge in [-0.05, 0) is 20.8 Å². The number of halogens is 3. The number of pyridine rings is 1. The van der Waals surface area contributed by atoms with Gasteiger partial charge in [0, 0.05) is 13.2 Å². The summed E-state index contributed by atoms with van der Waals surface area (Å²) < 4.78 is 43.0. The largest absolute Gasteiger partial charge is 1.00 e. The van der Waals surface area contributed by atoms with Crippen molar-refractivity contribution in [3.8, 4) is 0 Å². The van der Waals surface area contributed by atoms with Crippen LogP contribution in [0.25, 0.3) is 0 Å². The van der Waals surface area contributed by atoms with Crippen LogP contribution < -0.4 is 56.8 Å². The molecule has 9 heteroatoms. The molecule has 0 aliphatic carbocycles. The van der Waals surface area contributed by atoms with Gasteiger partial charge in [-0.3, -0.25) is 4.98 Å². The summed E-state index contributed by atoms with van der Waals surface area (Å²) in [5.74, 6) is 0. The monoisotopic (exact) mass is 328 g/mol. The fraction of sp³-hybridized carbons (Fsp3) is 0.500. The number of amides is 1. The number of aromatic nitrogens is 1. The summed E-state index contributed by atoms with van der Waals surface area (Å²) in [6, 6.07) is 1.86. The maximum atomic E-state index is 12.6. The molecule has 1 rings (SSSR count). The van der Waals surface area contributed by atoms with Crippen LogP contribution in [0, 0.1) is 0 Å². The van der Waals surface area contributed by atoms with Gasteiger partial charge in [-0.15, -0.1) is 5.46 Å². The molecule has 0 bridgehead atoms. The van der Waals surface area contributed by atoms with Crippen LogP contribution >= 0.6 is 0 Å². The third kappa shape index (κ3) is 7.64. The van der Waals surface area contributed by atoms with E-state index in [1.165, 1.54) is 11.9 Å². The van der Waals surface area contributed by atoms with Crippen molar-refractivity contribution in [2.75, 3.05) is 7.05 Å². The Balaban J connectivity index is 0.00000400. The minimum Gasteiger partial charge on any atom is -0.445 e. The molecule has 1 aromatic heterocycles. The average Bonchev–Trinajstić information content (AvgIpc) is 2.25. The third-order valence-corrected chi connectivity index (χ3v) is 2.32. The molecule has 0 saturated carbocycles. The van der Waals surface area contributed by atoms with E-state index in [0.717, 1.165) is 18.3 Å². The van der Waals surface area contributed by atoms with E-state index in [1.807, 2.05) is 0 Å². The molecular weight excluding hydrogens is 311 g/mol. The molecule has 21 heavy (non-hydrogen) atoms.